The SMILES string of the molecule is Cc1ccnc2c(-c3[c-]c(-c4cc(-c5ccc(C(C)(C)C)cc5)cc5oc(-c6cc(C(C)(C)C)ccc6O)nc45)cc(C(C(C)(C)C)C(C)(C)C)c3)cc(C(C)(C)C)cc12.[Pt]. The van der Waals surface area contributed by atoms with E-state index < -0.39 is 0 Å². The Hall–Kier alpha value is -4.53. The summed E-state index contributed by atoms with van der Waals surface area (Å²) in [5, 5.41) is 12.4. The summed E-state index contributed by atoms with van der Waals surface area (Å²) in [6.45, 7) is 36.3. The largest absolute Gasteiger partial charge is 0.507 e. The monoisotopic (exact) mass is 992 g/mol. The Kier molecular flexibility index (Phi) is 12.0. The number of hydrogen-bond donors (Lipinski definition) is 1. The maximum Gasteiger partial charge on any atom is 0.230 e. The van der Waals surface area contributed by atoms with E-state index in [1.165, 1.54) is 22.3 Å². The molecule has 5 aromatic carbocycles. The van der Waals surface area contributed by atoms with E-state index in [-0.39, 0.29) is 59.8 Å². The zero-order valence-corrected chi connectivity index (χ0v) is 41.6. The van der Waals surface area contributed by atoms with Gasteiger partial charge in [-0.1, -0.05) is 164 Å². The number of phenolic OH excluding ortho intramolecular Hbond substituents is 1. The summed E-state index contributed by atoms with van der Waals surface area (Å²) in [4.78, 5) is 10.3. The smallest absolute Gasteiger partial charge is 0.230 e. The van der Waals surface area contributed by atoms with E-state index in [9.17, 15) is 5.11 Å². The summed E-state index contributed by atoms with van der Waals surface area (Å²) in [5.41, 5.74) is 14.7. The van der Waals surface area contributed by atoms with Crippen LogP contribution in [0, 0.1) is 23.8 Å². The van der Waals surface area contributed by atoms with Gasteiger partial charge in [-0.3, -0.25) is 4.98 Å². The van der Waals surface area contributed by atoms with Crippen molar-refractivity contribution in [1.29, 1.82) is 0 Å². The summed E-state index contributed by atoms with van der Waals surface area (Å²) in [7, 11) is 0. The summed E-state index contributed by atoms with van der Waals surface area (Å²) in [6, 6.07) is 34.4. The van der Waals surface area contributed by atoms with Crippen LogP contribution in [0.4, 0.5) is 0 Å². The number of nitrogens with zero attached hydrogens (tertiary/aromatic N) is 2. The summed E-state index contributed by atoms with van der Waals surface area (Å²) < 4.78 is 6.73. The molecule has 0 saturated carbocycles. The van der Waals surface area contributed by atoms with Crippen molar-refractivity contribution in [2.75, 3.05) is 0 Å². The van der Waals surface area contributed by atoms with Crippen LogP contribution in [0.1, 0.15) is 138 Å². The van der Waals surface area contributed by atoms with E-state index in [1.807, 2.05) is 18.3 Å². The fraction of sp³-hybridized carbons (Fsp3) is 0.393. The van der Waals surface area contributed by atoms with Crippen molar-refractivity contribution in [3.05, 3.63) is 125 Å². The van der Waals surface area contributed by atoms with Gasteiger partial charge in [-0.15, -0.1) is 34.9 Å². The quantitative estimate of drug-likeness (QED) is 0.175. The Balaban J connectivity index is 0.00000622. The predicted molar refractivity (Wildman–Crippen MR) is 254 cm³/mol. The van der Waals surface area contributed by atoms with Gasteiger partial charge < -0.3 is 9.52 Å². The minimum atomic E-state index is -0.129. The van der Waals surface area contributed by atoms with Crippen molar-refractivity contribution in [3.8, 4) is 50.6 Å². The van der Waals surface area contributed by atoms with Gasteiger partial charge >= 0.3 is 0 Å². The van der Waals surface area contributed by atoms with Crippen molar-refractivity contribution in [2.45, 2.75) is 133 Å². The standard InChI is InChI=1S/C56H65N2O2.Pt/c1-33-23-24-57-48-42(33)31-41(54(8,9)10)32-44(48)37-25-36(26-38(27-37)50(55(11,12)13)56(14,15)16)43-28-35(34-17-19-39(20-18-34)52(2,3)4)29-47-49(43)58-51(60-47)45-30-40(53(5,6)7)21-22-46(45)59;/h17-24,26-32,50,59H,1-16H3;/q-1;. The number of oxazole rings is 1. The molecule has 0 fully saturated rings. The molecule has 322 valence electrons. The van der Waals surface area contributed by atoms with Gasteiger partial charge in [0.05, 0.1) is 11.1 Å². The van der Waals surface area contributed by atoms with Crippen LogP contribution in [0.2, 0.25) is 0 Å². The molecule has 0 amide bonds. The van der Waals surface area contributed by atoms with E-state index >= 15 is 0 Å². The van der Waals surface area contributed by atoms with E-state index in [0.29, 0.717) is 17.0 Å². The molecule has 7 rings (SSSR count). The van der Waals surface area contributed by atoms with Crippen LogP contribution in [-0.4, -0.2) is 15.1 Å². The third-order valence-corrected chi connectivity index (χ3v) is 12.1. The fourth-order valence-electron chi connectivity index (χ4n) is 9.23. The second-order valence-electron chi connectivity index (χ2n) is 22.4. The average molecular weight is 993 g/mol. The number of aromatic hydroxyl groups is 1. The van der Waals surface area contributed by atoms with Gasteiger partial charge in [0.2, 0.25) is 5.89 Å². The summed E-state index contributed by atoms with van der Waals surface area (Å²) >= 11 is 0. The molecule has 1 N–H and O–H groups in total. The number of fused-ring (bicyclic) bond motifs is 2. The average Bonchev–Trinajstić information content (AvgIpc) is 3.56. The molecule has 2 heterocycles. The molecule has 0 aliphatic rings. The number of aromatic nitrogens is 2. The van der Waals surface area contributed by atoms with Gasteiger partial charge in [0.25, 0.3) is 0 Å². The van der Waals surface area contributed by atoms with Crippen LogP contribution in [0.15, 0.2) is 95.5 Å². The molecule has 5 heteroatoms. The Morgan fingerprint density at radius 3 is 1.66 bits per heavy atom. The number of aryl methyl sites for hydroxylation is 1. The number of phenols is 1. The molecular formula is C56H65N2O2Pt-. The molecule has 0 radical (unpaired) electrons. The Morgan fingerprint density at radius 1 is 0.557 bits per heavy atom. The van der Waals surface area contributed by atoms with Crippen LogP contribution < -0.4 is 0 Å². The minimum absolute atomic E-state index is 0. The molecule has 0 aliphatic heterocycles. The van der Waals surface area contributed by atoms with E-state index in [0.717, 1.165) is 55.4 Å². The summed E-state index contributed by atoms with van der Waals surface area (Å²) in [6.07, 6.45) is 1.93. The maximum atomic E-state index is 11.3. The summed E-state index contributed by atoms with van der Waals surface area (Å²) in [5.74, 6) is 0.714. The molecule has 0 saturated heterocycles. The van der Waals surface area contributed by atoms with Crippen LogP contribution in [0.25, 0.3) is 66.8 Å². The first kappa shape index (κ1) is 46.0. The normalized spacial score (nSPS) is 13.0. The molecular weight excluding hydrogens is 928 g/mol. The molecule has 0 bridgehead atoms. The first-order valence-electron chi connectivity index (χ1n) is 21.6. The number of benzene rings is 5. The second-order valence-corrected chi connectivity index (χ2v) is 22.4. The van der Waals surface area contributed by atoms with Gasteiger partial charge in [-0.05, 0) is 103 Å². The molecule has 7 aromatic rings. The molecule has 61 heavy (non-hydrogen) atoms. The van der Waals surface area contributed by atoms with Crippen molar-refractivity contribution in [2.24, 2.45) is 10.8 Å². The number of hydrogen-bond acceptors (Lipinski definition) is 4. The van der Waals surface area contributed by atoms with Crippen LogP contribution in [-0.2, 0) is 37.3 Å². The molecule has 4 nitrogen and oxygen atoms in total. The first-order chi connectivity index (χ1) is 27.7. The Bertz CT molecular complexity index is 2720. The van der Waals surface area contributed by atoms with Crippen molar-refractivity contribution in [1.82, 2.24) is 9.97 Å². The van der Waals surface area contributed by atoms with Crippen molar-refractivity contribution in [3.63, 3.8) is 0 Å². The van der Waals surface area contributed by atoms with Gasteiger partial charge in [0.1, 0.15) is 11.3 Å². The van der Waals surface area contributed by atoms with Gasteiger partial charge in [-0.25, -0.2) is 4.98 Å². The van der Waals surface area contributed by atoms with Crippen LogP contribution in [0.3, 0.4) is 0 Å². The third kappa shape index (κ3) is 9.32. The second kappa shape index (κ2) is 16.0. The van der Waals surface area contributed by atoms with E-state index in [2.05, 4.69) is 184 Å². The van der Waals surface area contributed by atoms with Crippen LogP contribution >= 0.6 is 0 Å². The third-order valence-electron chi connectivity index (χ3n) is 12.1. The topological polar surface area (TPSA) is 59.2 Å². The first-order valence-corrected chi connectivity index (χ1v) is 21.6. The predicted octanol–water partition coefficient (Wildman–Crippen LogP) is 15.9. The molecule has 0 atom stereocenters. The molecule has 2 aromatic heterocycles. The minimum Gasteiger partial charge on any atom is -0.507 e. The van der Waals surface area contributed by atoms with Crippen molar-refractivity contribution >= 4 is 22.0 Å². The van der Waals surface area contributed by atoms with Crippen molar-refractivity contribution < 1.29 is 30.6 Å². The zero-order chi connectivity index (χ0) is 43.9. The Morgan fingerprint density at radius 2 is 1.10 bits per heavy atom. The molecule has 0 aliphatic carbocycles. The van der Waals surface area contributed by atoms with Gasteiger partial charge in [-0.2, -0.15) is 0 Å². The maximum absolute atomic E-state index is 11.3. The fourth-order valence-corrected chi connectivity index (χ4v) is 9.23. The zero-order valence-electron chi connectivity index (χ0n) is 39.3. The van der Waals surface area contributed by atoms with Gasteiger partial charge in [0.15, 0.2) is 0 Å². The van der Waals surface area contributed by atoms with Gasteiger partial charge in [0, 0.05) is 32.8 Å². The molecule has 0 spiro atoms. The number of rotatable bonds is 5. The van der Waals surface area contributed by atoms with Crippen LogP contribution in [0.5, 0.6) is 5.75 Å². The van der Waals surface area contributed by atoms with E-state index in [4.69, 9.17) is 14.4 Å². The molecule has 0 unspecified atom stereocenters. The Labute approximate surface area is 379 Å². The van der Waals surface area contributed by atoms with E-state index in [1.54, 1.807) is 6.07 Å². The number of pyridine rings is 1.